The van der Waals surface area contributed by atoms with Crippen LogP contribution in [0.4, 0.5) is 0 Å². The summed E-state index contributed by atoms with van der Waals surface area (Å²) in [7, 11) is 0. The number of nitrogens with zero attached hydrogens (tertiary/aromatic N) is 1. The van der Waals surface area contributed by atoms with Gasteiger partial charge in [-0.05, 0) is 24.6 Å². The fourth-order valence-corrected chi connectivity index (χ4v) is 3.22. The zero-order valence-corrected chi connectivity index (χ0v) is 13.3. The number of hydrogen-bond donors (Lipinski definition) is 2. The van der Waals surface area contributed by atoms with Gasteiger partial charge in [-0.25, -0.2) is 4.98 Å². The molecular weight excluding hydrogens is 312 g/mol. The third kappa shape index (κ3) is 3.48. The van der Waals surface area contributed by atoms with Gasteiger partial charge in [0.05, 0.1) is 17.6 Å². The highest BCUT2D eigenvalue weighted by molar-refractivity contribution is 8.00. The van der Waals surface area contributed by atoms with Crippen LogP contribution >= 0.6 is 11.8 Å². The van der Waals surface area contributed by atoms with E-state index < -0.39 is 11.2 Å². The number of benzene rings is 2. The van der Waals surface area contributed by atoms with Crippen molar-refractivity contribution in [2.75, 3.05) is 6.61 Å². The number of H-pyrrole nitrogens is 1. The minimum absolute atomic E-state index is 0.574. The van der Waals surface area contributed by atoms with Gasteiger partial charge in [-0.3, -0.25) is 4.79 Å². The van der Waals surface area contributed by atoms with Crippen molar-refractivity contribution in [1.82, 2.24) is 9.97 Å². The Balaban J connectivity index is 1.88. The smallest absolute Gasteiger partial charge is 0.321 e. The standard InChI is InChI=1S/C17H16N2O3S/c1-2-22-12-8-9-13-14(10-12)19-17(18-13)23-15(16(20)21)11-6-4-3-5-7-11/h3-10,15H,2H2,1H3,(H,18,19)(H,20,21)/t15-/m0/s1. The van der Waals surface area contributed by atoms with Crippen LogP contribution in [0.5, 0.6) is 5.75 Å². The van der Waals surface area contributed by atoms with E-state index in [2.05, 4.69) is 9.97 Å². The molecule has 0 aliphatic rings. The Labute approximate surface area is 137 Å². The lowest BCUT2D eigenvalue weighted by Crippen LogP contribution is -2.08. The average molecular weight is 328 g/mol. The maximum atomic E-state index is 11.6. The van der Waals surface area contributed by atoms with E-state index in [0.29, 0.717) is 11.8 Å². The second kappa shape index (κ2) is 6.75. The Morgan fingerprint density at radius 2 is 2.09 bits per heavy atom. The molecule has 0 saturated heterocycles. The molecule has 0 saturated carbocycles. The fraction of sp³-hybridized carbons (Fsp3) is 0.176. The highest BCUT2D eigenvalue weighted by Gasteiger charge is 2.22. The molecule has 23 heavy (non-hydrogen) atoms. The van der Waals surface area contributed by atoms with E-state index in [-0.39, 0.29) is 0 Å². The Kier molecular flexibility index (Phi) is 4.52. The predicted molar refractivity (Wildman–Crippen MR) is 89.9 cm³/mol. The molecule has 118 valence electrons. The Morgan fingerprint density at radius 1 is 1.30 bits per heavy atom. The van der Waals surface area contributed by atoms with Crippen molar-refractivity contribution >= 4 is 28.8 Å². The molecule has 0 spiro atoms. The molecule has 1 atom stereocenters. The first-order valence-electron chi connectivity index (χ1n) is 7.24. The number of rotatable bonds is 6. The fourth-order valence-electron chi connectivity index (χ4n) is 2.28. The number of aromatic amines is 1. The topological polar surface area (TPSA) is 75.2 Å². The molecule has 2 aromatic carbocycles. The molecule has 0 aliphatic carbocycles. The third-order valence-electron chi connectivity index (χ3n) is 3.30. The number of fused-ring (bicyclic) bond motifs is 1. The number of aromatic nitrogens is 2. The van der Waals surface area contributed by atoms with Crippen molar-refractivity contribution in [2.24, 2.45) is 0 Å². The zero-order valence-electron chi connectivity index (χ0n) is 12.5. The van der Waals surface area contributed by atoms with Crippen molar-refractivity contribution in [2.45, 2.75) is 17.3 Å². The summed E-state index contributed by atoms with van der Waals surface area (Å²) in [4.78, 5) is 19.2. The molecule has 0 amide bonds. The first kappa shape index (κ1) is 15.4. The number of thioether (sulfide) groups is 1. The zero-order chi connectivity index (χ0) is 16.2. The van der Waals surface area contributed by atoms with E-state index in [1.54, 1.807) is 0 Å². The molecule has 5 nitrogen and oxygen atoms in total. The van der Waals surface area contributed by atoms with Crippen molar-refractivity contribution in [3.05, 3.63) is 54.1 Å². The maximum Gasteiger partial charge on any atom is 0.321 e. The molecule has 1 aromatic heterocycles. The van der Waals surface area contributed by atoms with E-state index in [0.717, 1.165) is 22.3 Å². The number of imidazole rings is 1. The molecule has 0 unspecified atom stereocenters. The number of nitrogens with one attached hydrogen (secondary N) is 1. The highest BCUT2D eigenvalue weighted by atomic mass is 32.2. The summed E-state index contributed by atoms with van der Waals surface area (Å²) >= 11 is 1.19. The van der Waals surface area contributed by atoms with Crippen molar-refractivity contribution in [3.63, 3.8) is 0 Å². The highest BCUT2D eigenvalue weighted by Crippen LogP contribution is 2.35. The molecule has 0 fully saturated rings. The monoisotopic (exact) mass is 328 g/mol. The van der Waals surface area contributed by atoms with Crippen LogP contribution in [-0.2, 0) is 4.79 Å². The number of carboxylic acids is 1. The summed E-state index contributed by atoms with van der Waals surface area (Å²) in [6.07, 6.45) is 0. The van der Waals surface area contributed by atoms with Crippen LogP contribution in [0.1, 0.15) is 17.7 Å². The third-order valence-corrected chi connectivity index (χ3v) is 4.42. The lowest BCUT2D eigenvalue weighted by Gasteiger charge is -2.10. The van der Waals surface area contributed by atoms with Crippen LogP contribution in [-0.4, -0.2) is 27.7 Å². The number of ether oxygens (including phenoxy) is 1. The quantitative estimate of drug-likeness (QED) is 0.672. The van der Waals surface area contributed by atoms with Crippen LogP contribution in [0.2, 0.25) is 0 Å². The average Bonchev–Trinajstić information content (AvgIpc) is 2.95. The van der Waals surface area contributed by atoms with Crippen LogP contribution in [0.3, 0.4) is 0 Å². The summed E-state index contributed by atoms with van der Waals surface area (Å²) in [5, 5.41) is 9.36. The Bertz CT molecular complexity index is 817. The van der Waals surface area contributed by atoms with Gasteiger partial charge < -0.3 is 14.8 Å². The van der Waals surface area contributed by atoms with Crippen molar-refractivity contribution in [3.8, 4) is 5.75 Å². The molecule has 1 heterocycles. The summed E-state index contributed by atoms with van der Waals surface area (Å²) < 4.78 is 5.46. The molecule has 2 N–H and O–H groups in total. The van der Waals surface area contributed by atoms with E-state index in [9.17, 15) is 9.90 Å². The van der Waals surface area contributed by atoms with Gasteiger partial charge in [-0.2, -0.15) is 0 Å². The molecule has 0 aliphatic heterocycles. The van der Waals surface area contributed by atoms with Crippen molar-refractivity contribution < 1.29 is 14.6 Å². The summed E-state index contributed by atoms with van der Waals surface area (Å²) in [6.45, 7) is 2.52. The van der Waals surface area contributed by atoms with E-state index in [4.69, 9.17) is 4.74 Å². The SMILES string of the molecule is CCOc1ccc2nc(S[C@H](C(=O)O)c3ccccc3)[nH]c2c1. The van der Waals surface area contributed by atoms with Gasteiger partial charge in [0.15, 0.2) is 5.16 Å². The van der Waals surface area contributed by atoms with Gasteiger partial charge in [0, 0.05) is 6.07 Å². The van der Waals surface area contributed by atoms with Crippen molar-refractivity contribution in [1.29, 1.82) is 0 Å². The molecule has 0 bridgehead atoms. The summed E-state index contributed by atoms with van der Waals surface area (Å²) in [6, 6.07) is 14.7. The Morgan fingerprint density at radius 3 is 2.78 bits per heavy atom. The van der Waals surface area contributed by atoms with E-state index in [1.807, 2.05) is 55.5 Å². The van der Waals surface area contributed by atoms with Crippen LogP contribution < -0.4 is 4.74 Å². The minimum Gasteiger partial charge on any atom is -0.494 e. The minimum atomic E-state index is -0.892. The number of carbonyl (C=O) groups is 1. The molecule has 3 aromatic rings. The second-order valence-electron chi connectivity index (χ2n) is 4.90. The van der Waals surface area contributed by atoms with E-state index in [1.165, 1.54) is 11.8 Å². The molecule has 6 heteroatoms. The first-order chi connectivity index (χ1) is 11.2. The van der Waals surface area contributed by atoms with Gasteiger partial charge in [0.25, 0.3) is 0 Å². The van der Waals surface area contributed by atoms with Gasteiger partial charge in [0.2, 0.25) is 0 Å². The molecule has 3 rings (SSSR count). The molecular formula is C17H16N2O3S. The second-order valence-corrected chi connectivity index (χ2v) is 5.99. The number of hydrogen-bond acceptors (Lipinski definition) is 4. The predicted octanol–water partition coefficient (Wildman–Crippen LogP) is 3.88. The lowest BCUT2D eigenvalue weighted by atomic mass is 10.1. The summed E-state index contributed by atoms with van der Waals surface area (Å²) in [5.74, 6) is -0.130. The lowest BCUT2D eigenvalue weighted by molar-refractivity contribution is -0.136. The van der Waals surface area contributed by atoms with Crippen LogP contribution in [0, 0.1) is 0 Å². The first-order valence-corrected chi connectivity index (χ1v) is 8.12. The van der Waals surface area contributed by atoms with Gasteiger partial charge in [-0.1, -0.05) is 42.1 Å². The number of carboxylic acid groups (broad SMARTS) is 1. The van der Waals surface area contributed by atoms with Gasteiger partial charge >= 0.3 is 5.97 Å². The Hall–Kier alpha value is -2.47. The van der Waals surface area contributed by atoms with Gasteiger partial charge in [-0.15, -0.1) is 0 Å². The van der Waals surface area contributed by atoms with E-state index >= 15 is 0 Å². The number of aliphatic carboxylic acids is 1. The van der Waals surface area contributed by atoms with Crippen LogP contribution in [0.15, 0.2) is 53.7 Å². The largest absolute Gasteiger partial charge is 0.494 e. The molecule has 0 radical (unpaired) electrons. The maximum absolute atomic E-state index is 11.6. The normalized spacial score (nSPS) is 12.2. The van der Waals surface area contributed by atoms with Gasteiger partial charge in [0.1, 0.15) is 11.0 Å². The summed E-state index contributed by atoms with van der Waals surface area (Å²) in [5.41, 5.74) is 2.35. The van der Waals surface area contributed by atoms with Crippen LogP contribution in [0.25, 0.3) is 11.0 Å².